The Balaban J connectivity index is 1.48. The minimum absolute atomic E-state index is 0.0314. The van der Waals surface area contributed by atoms with Crippen LogP contribution in [0.4, 0.5) is 0 Å². The van der Waals surface area contributed by atoms with Gasteiger partial charge < -0.3 is 0 Å². The van der Waals surface area contributed by atoms with Gasteiger partial charge in [0.05, 0.1) is 11.5 Å². The van der Waals surface area contributed by atoms with Crippen molar-refractivity contribution in [3.8, 4) is 6.07 Å². The lowest BCUT2D eigenvalue weighted by Gasteiger charge is -2.52. The van der Waals surface area contributed by atoms with Gasteiger partial charge in [0, 0.05) is 0 Å². The number of unbranched alkanes of at least 4 members (excludes halogenated alkanes) is 4. The molecule has 0 saturated heterocycles. The summed E-state index contributed by atoms with van der Waals surface area (Å²) >= 11 is 0. The van der Waals surface area contributed by atoms with Gasteiger partial charge in [-0.2, -0.15) is 5.26 Å². The Morgan fingerprint density at radius 1 is 0.880 bits per heavy atom. The fourth-order valence-corrected chi connectivity index (χ4v) is 6.82. The molecule has 0 N–H and O–H groups in total. The van der Waals surface area contributed by atoms with E-state index in [0.29, 0.717) is 0 Å². The summed E-state index contributed by atoms with van der Waals surface area (Å²) in [5.41, 5.74) is 0.0314. The number of hydrogen-bond acceptors (Lipinski definition) is 1. The van der Waals surface area contributed by atoms with Gasteiger partial charge in [0.1, 0.15) is 0 Å². The van der Waals surface area contributed by atoms with E-state index in [1.54, 1.807) is 6.42 Å². The molecular formula is C24H41N. The van der Waals surface area contributed by atoms with Gasteiger partial charge in [-0.1, -0.05) is 58.8 Å². The Kier molecular flexibility index (Phi) is 6.87. The highest BCUT2D eigenvalue weighted by Crippen LogP contribution is 2.56. The van der Waals surface area contributed by atoms with E-state index in [-0.39, 0.29) is 5.41 Å². The number of rotatable bonds is 7. The maximum atomic E-state index is 9.69. The number of hydrogen-bond donors (Lipinski definition) is 0. The first-order valence-electron chi connectivity index (χ1n) is 11.6. The molecule has 0 aromatic rings. The number of nitrogens with zero attached hydrogens (tertiary/aromatic N) is 1. The summed E-state index contributed by atoms with van der Waals surface area (Å²) in [6.07, 6.45) is 21.0. The maximum absolute atomic E-state index is 9.69. The van der Waals surface area contributed by atoms with Crippen molar-refractivity contribution >= 4 is 0 Å². The summed E-state index contributed by atoms with van der Waals surface area (Å²) in [5, 5.41) is 9.69. The van der Waals surface area contributed by atoms with Gasteiger partial charge in [-0.25, -0.2) is 0 Å². The minimum atomic E-state index is 0.0314. The van der Waals surface area contributed by atoms with Gasteiger partial charge in [-0.15, -0.1) is 0 Å². The molecule has 25 heavy (non-hydrogen) atoms. The van der Waals surface area contributed by atoms with Crippen molar-refractivity contribution in [2.24, 2.45) is 35.0 Å². The topological polar surface area (TPSA) is 23.8 Å². The van der Waals surface area contributed by atoms with Crippen LogP contribution in [-0.2, 0) is 0 Å². The fourth-order valence-electron chi connectivity index (χ4n) is 6.82. The first kappa shape index (κ1) is 19.3. The molecule has 6 unspecified atom stereocenters. The third-order valence-corrected chi connectivity index (χ3v) is 8.45. The fraction of sp³-hybridized carbons (Fsp3) is 0.958. The van der Waals surface area contributed by atoms with Crippen LogP contribution in [0, 0.1) is 46.3 Å². The Labute approximate surface area is 157 Å². The molecule has 0 bridgehead atoms. The van der Waals surface area contributed by atoms with E-state index in [1.807, 2.05) is 0 Å². The highest BCUT2D eigenvalue weighted by molar-refractivity contribution is 5.05. The molecule has 6 atom stereocenters. The van der Waals surface area contributed by atoms with Crippen LogP contribution in [0.15, 0.2) is 0 Å². The van der Waals surface area contributed by atoms with E-state index < -0.39 is 0 Å². The Morgan fingerprint density at radius 2 is 1.64 bits per heavy atom. The van der Waals surface area contributed by atoms with Gasteiger partial charge in [0.2, 0.25) is 0 Å². The normalized spacial score (nSPS) is 40.8. The van der Waals surface area contributed by atoms with E-state index in [9.17, 15) is 5.26 Å². The number of nitriles is 1. The molecule has 0 aromatic heterocycles. The van der Waals surface area contributed by atoms with Crippen LogP contribution >= 0.6 is 0 Å². The molecule has 0 amide bonds. The van der Waals surface area contributed by atoms with Crippen molar-refractivity contribution in [2.75, 3.05) is 0 Å². The molecule has 0 radical (unpaired) electrons. The quantitative estimate of drug-likeness (QED) is 0.439. The molecule has 0 aliphatic heterocycles. The molecule has 3 fully saturated rings. The second-order valence-electron chi connectivity index (χ2n) is 9.80. The van der Waals surface area contributed by atoms with Crippen molar-refractivity contribution in [2.45, 2.75) is 110 Å². The molecule has 3 saturated carbocycles. The molecule has 142 valence electrons. The van der Waals surface area contributed by atoms with E-state index in [4.69, 9.17) is 0 Å². The monoisotopic (exact) mass is 343 g/mol. The highest BCUT2D eigenvalue weighted by Gasteiger charge is 2.48. The van der Waals surface area contributed by atoms with Crippen molar-refractivity contribution < 1.29 is 0 Å². The molecule has 3 aliphatic carbocycles. The van der Waals surface area contributed by atoms with Crippen LogP contribution < -0.4 is 0 Å². The lowest BCUT2D eigenvalue weighted by molar-refractivity contribution is -0.0167. The second-order valence-corrected chi connectivity index (χ2v) is 9.80. The Hall–Kier alpha value is -0.510. The molecular weight excluding hydrogens is 302 g/mol. The maximum Gasteiger partial charge on any atom is 0.0689 e. The molecule has 1 nitrogen and oxygen atoms in total. The Morgan fingerprint density at radius 3 is 2.40 bits per heavy atom. The summed E-state index contributed by atoms with van der Waals surface area (Å²) < 4.78 is 0. The smallest absolute Gasteiger partial charge is 0.0689 e. The lowest BCUT2D eigenvalue weighted by atomic mass is 9.52. The first-order chi connectivity index (χ1) is 12.2. The summed E-state index contributed by atoms with van der Waals surface area (Å²) in [6.45, 7) is 4.55. The summed E-state index contributed by atoms with van der Waals surface area (Å²) in [7, 11) is 0. The predicted octanol–water partition coefficient (Wildman–Crippen LogP) is 7.51. The summed E-state index contributed by atoms with van der Waals surface area (Å²) in [6, 6.07) is 2.72. The zero-order valence-electron chi connectivity index (χ0n) is 16.9. The minimum Gasteiger partial charge on any atom is -0.198 e. The molecule has 1 heteroatoms. The second kappa shape index (κ2) is 8.92. The van der Waals surface area contributed by atoms with Crippen LogP contribution in [0.3, 0.4) is 0 Å². The largest absolute Gasteiger partial charge is 0.198 e. The first-order valence-corrected chi connectivity index (χ1v) is 11.6. The standard InChI is InChI=1S/C24H41N/c1-3-5-6-7-8-9-19-10-13-22-20(16-19)11-12-21-17-24(4-2,18-25)15-14-23(21)22/h19-23H,3-17H2,1-2H3. The third-order valence-electron chi connectivity index (χ3n) is 8.45. The number of fused-ring (bicyclic) bond motifs is 3. The van der Waals surface area contributed by atoms with E-state index in [1.165, 1.54) is 83.5 Å². The highest BCUT2D eigenvalue weighted by atomic mass is 14.5. The van der Waals surface area contributed by atoms with Crippen LogP contribution in [0.25, 0.3) is 0 Å². The van der Waals surface area contributed by atoms with Crippen molar-refractivity contribution in [1.29, 1.82) is 5.26 Å². The van der Waals surface area contributed by atoms with E-state index in [2.05, 4.69) is 19.9 Å². The van der Waals surface area contributed by atoms with Gasteiger partial charge in [-0.3, -0.25) is 0 Å². The van der Waals surface area contributed by atoms with E-state index >= 15 is 0 Å². The zero-order chi connectivity index (χ0) is 17.7. The van der Waals surface area contributed by atoms with E-state index in [0.717, 1.165) is 36.0 Å². The molecule has 0 spiro atoms. The van der Waals surface area contributed by atoms with Gasteiger partial charge in [0.15, 0.2) is 0 Å². The van der Waals surface area contributed by atoms with Crippen molar-refractivity contribution in [1.82, 2.24) is 0 Å². The zero-order valence-corrected chi connectivity index (χ0v) is 16.9. The van der Waals surface area contributed by atoms with Crippen LogP contribution in [-0.4, -0.2) is 0 Å². The average molecular weight is 344 g/mol. The molecule has 0 heterocycles. The summed E-state index contributed by atoms with van der Waals surface area (Å²) in [5.74, 6) is 4.94. The average Bonchev–Trinajstić information content (AvgIpc) is 2.67. The van der Waals surface area contributed by atoms with Crippen molar-refractivity contribution in [3.63, 3.8) is 0 Å². The molecule has 0 aromatic carbocycles. The van der Waals surface area contributed by atoms with Crippen LogP contribution in [0.2, 0.25) is 0 Å². The Bertz CT molecular complexity index is 450. The third kappa shape index (κ3) is 4.43. The van der Waals surface area contributed by atoms with Crippen LogP contribution in [0.1, 0.15) is 110 Å². The van der Waals surface area contributed by atoms with Gasteiger partial charge in [-0.05, 0) is 81.0 Å². The molecule has 3 aliphatic rings. The molecule has 3 rings (SSSR count). The lowest BCUT2D eigenvalue weighted by Crippen LogP contribution is -2.43. The van der Waals surface area contributed by atoms with Crippen molar-refractivity contribution in [3.05, 3.63) is 0 Å². The van der Waals surface area contributed by atoms with Gasteiger partial charge >= 0.3 is 0 Å². The predicted molar refractivity (Wildman–Crippen MR) is 106 cm³/mol. The van der Waals surface area contributed by atoms with Gasteiger partial charge in [0.25, 0.3) is 0 Å². The van der Waals surface area contributed by atoms with Crippen LogP contribution in [0.5, 0.6) is 0 Å². The SMILES string of the molecule is CCCCCCCC1CCC2C(CCC3CC(C#N)(CC)CCC32)C1. The summed E-state index contributed by atoms with van der Waals surface area (Å²) in [4.78, 5) is 0.